The van der Waals surface area contributed by atoms with E-state index in [9.17, 15) is 27.6 Å². The van der Waals surface area contributed by atoms with E-state index in [1.54, 1.807) is 56.0 Å². The molecule has 0 spiro atoms. The lowest BCUT2D eigenvalue weighted by Crippen LogP contribution is -2.44. The smallest absolute Gasteiger partial charge is 0.418 e. The summed E-state index contributed by atoms with van der Waals surface area (Å²) in [7, 11) is 4.33. The molecule has 1 aliphatic heterocycles. The van der Waals surface area contributed by atoms with E-state index >= 15 is 0 Å². The Balaban J connectivity index is 1.56. The molecule has 270 valence electrons. The van der Waals surface area contributed by atoms with E-state index in [4.69, 9.17) is 18.9 Å². The monoisotopic (exact) mass is 699 g/mol. The van der Waals surface area contributed by atoms with Crippen LogP contribution in [0.5, 0.6) is 17.2 Å². The first-order valence-corrected chi connectivity index (χ1v) is 16.2. The van der Waals surface area contributed by atoms with Gasteiger partial charge in [0, 0.05) is 48.9 Å². The van der Waals surface area contributed by atoms with Gasteiger partial charge in [0.2, 0.25) is 5.91 Å². The quantitative estimate of drug-likeness (QED) is 0.200. The zero-order valence-corrected chi connectivity index (χ0v) is 29.2. The number of anilines is 1. The zero-order valence-electron chi connectivity index (χ0n) is 29.2. The van der Waals surface area contributed by atoms with Gasteiger partial charge in [0.15, 0.2) is 5.78 Å². The summed E-state index contributed by atoms with van der Waals surface area (Å²) in [6, 6.07) is 13.4. The maximum Gasteiger partial charge on any atom is 0.418 e. The number of methoxy groups -OCH3 is 3. The predicted octanol–water partition coefficient (Wildman–Crippen LogP) is 6.73. The molecule has 13 heteroatoms. The van der Waals surface area contributed by atoms with Crippen molar-refractivity contribution in [3.05, 3.63) is 82.4 Å². The lowest BCUT2D eigenvalue weighted by atomic mass is 9.88. The van der Waals surface area contributed by atoms with Crippen molar-refractivity contribution >= 4 is 23.5 Å². The first-order valence-electron chi connectivity index (χ1n) is 16.2. The van der Waals surface area contributed by atoms with Crippen molar-refractivity contribution < 1.29 is 46.5 Å². The Kier molecular flexibility index (Phi) is 12.3. The Morgan fingerprint density at radius 2 is 1.50 bits per heavy atom. The van der Waals surface area contributed by atoms with Gasteiger partial charge < -0.3 is 34.5 Å². The summed E-state index contributed by atoms with van der Waals surface area (Å²) in [6.07, 6.45) is -4.29. The Hall–Kier alpha value is -4.94. The highest BCUT2D eigenvalue weighted by molar-refractivity contribution is 6.10. The van der Waals surface area contributed by atoms with Gasteiger partial charge in [0.1, 0.15) is 22.8 Å². The Morgan fingerprint density at radius 3 is 2.08 bits per heavy atom. The number of halogens is 3. The predicted molar refractivity (Wildman–Crippen MR) is 182 cm³/mol. The molecule has 0 aromatic heterocycles. The average Bonchev–Trinajstić information content (AvgIpc) is 3.08. The highest BCUT2D eigenvalue weighted by Gasteiger charge is 2.39. The van der Waals surface area contributed by atoms with Crippen LogP contribution in [0.4, 0.5) is 23.7 Å². The number of amides is 2. The van der Waals surface area contributed by atoms with Gasteiger partial charge in [-0.15, -0.1) is 0 Å². The summed E-state index contributed by atoms with van der Waals surface area (Å²) in [5.74, 6) is 0.218. The Bertz CT molecular complexity index is 1660. The lowest BCUT2D eigenvalue weighted by Gasteiger charge is -2.33. The Labute approximate surface area is 290 Å². The maximum absolute atomic E-state index is 15.0. The van der Waals surface area contributed by atoms with Crippen LogP contribution in [-0.4, -0.2) is 75.8 Å². The highest BCUT2D eigenvalue weighted by atomic mass is 19.4. The van der Waals surface area contributed by atoms with E-state index in [-0.39, 0.29) is 46.6 Å². The fraction of sp³-hybridized carbons (Fsp3) is 0.432. The number of alkyl halides is 3. The molecule has 2 amide bonds. The SMILES string of the molecule is COc1ccc(C(=O)c2ccc(NCC(=O)NCC3CCN(C(=O)OC(C)(C)C)CC3)c(C(F)(F)F)c2Cc2ccc(OC)cc2OC)cc1. The van der Waals surface area contributed by atoms with E-state index in [0.717, 1.165) is 0 Å². The first-order chi connectivity index (χ1) is 23.6. The van der Waals surface area contributed by atoms with Gasteiger partial charge in [-0.1, -0.05) is 6.07 Å². The van der Waals surface area contributed by atoms with Crippen molar-refractivity contribution in [3.8, 4) is 17.2 Å². The number of nitrogens with one attached hydrogen (secondary N) is 2. The molecule has 50 heavy (non-hydrogen) atoms. The fourth-order valence-corrected chi connectivity index (χ4v) is 5.74. The van der Waals surface area contributed by atoms with Crippen LogP contribution in [0.15, 0.2) is 54.6 Å². The van der Waals surface area contributed by atoms with E-state index < -0.39 is 35.6 Å². The molecule has 1 fully saturated rings. The first kappa shape index (κ1) is 37.9. The van der Waals surface area contributed by atoms with Crippen LogP contribution in [0.3, 0.4) is 0 Å². The van der Waals surface area contributed by atoms with Crippen molar-refractivity contribution in [1.29, 1.82) is 0 Å². The summed E-state index contributed by atoms with van der Waals surface area (Å²) in [4.78, 5) is 40.6. The Morgan fingerprint density at radius 1 is 0.860 bits per heavy atom. The second kappa shape index (κ2) is 16.2. The van der Waals surface area contributed by atoms with Crippen molar-refractivity contribution in [3.63, 3.8) is 0 Å². The fourth-order valence-electron chi connectivity index (χ4n) is 5.74. The number of nitrogens with zero attached hydrogens (tertiary/aromatic N) is 1. The number of benzene rings is 3. The van der Waals surface area contributed by atoms with Crippen LogP contribution in [0.2, 0.25) is 0 Å². The number of ketones is 1. The summed E-state index contributed by atoms with van der Waals surface area (Å²) in [6.45, 7) is 6.23. The van der Waals surface area contributed by atoms with Gasteiger partial charge in [0.25, 0.3) is 0 Å². The summed E-state index contributed by atoms with van der Waals surface area (Å²) in [5.41, 5.74) is -1.84. The number of likely N-dealkylation sites (tertiary alicyclic amines) is 1. The van der Waals surface area contributed by atoms with Crippen molar-refractivity contribution in [2.45, 2.75) is 51.8 Å². The largest absolute Gasteiger partial charge is 0.497 e. The molecule has 0 atom stereocenters. The molecular weight excluding hydrogens is 655 g/mol. The molecular formula is C37H44F3N3O7. The molecule has 3 aromatic carbocycles. The minimum absolute atomic E-state index is 0.0951. The topological polar surface area (TPSA) is 115 Å². The number of carbonyl (C=O) groups is 3. The molecule has 1 saturated heterocycles. The third kappa shape index (κ3) is 9.82. The van der Waals surface area contributed by atoms with Crippen LogP contribution in [-0.2, 0) is 22.1 Å². The molecule has 0 bridgehead atoms. The molecule has 1 aliphatic rings. The van der Waals surface area contributed by atoms with E-state index in [0.29, 0.717) is 49.5 Å². The van der Waals surface area contributed by atoms with Crippen LogP contribution in [0.25, 0.3) is 0 Å². The lowest BCUT2D eigenvalue weighted by molar-refractivity contribution is -0.137. The zero-order chi connectivity index (χ0) is 36.6. The highest BCUT2D eigenvalue weighted by Crippen LogP contribution is 2.41. The minimum atomic E-state index is -4.90. The number of ether oxygens (including phenoxy) is 4. The average molecular weight is 700 g/mol. The van der Waals surface area contributed by atoms with Crippen LogP contribution in [0, 0.1) is 5.92 Å². The maximum atomic E-state index is 15.0. The summed E-state index contributed by atoms with van der Waals surface area (Å²) < 4.78 is 66.3. The van der Waals surface area contributed by atoms with Gasteiger partial charge >= 0.3 is 12.3 Å². The third-order valence-electron chi connectivity index (χ3n) is 8.35. The van der Waals surface area contributed by atoms with E-state index in [2.05, 4.69) is 10.6 Å². The van der Waals surface area contributed by atoms with Crippen molar-refractivity contribution in [2.24, 2.45) is 5.92 Å². The van der Waals surface area contributed by atoms with Crippen molar-refractivity contribution in [1.82, 2.24) is 10.2 Å². The molecule has 1 heterocycles. The number of hydrogen-bond donors (Lipinski definition) is 2. The molecule has 2 N–H and O–H groups in total. The molecule has 0 aliphatic carbocycles. The summed E-state index contributed by atoms with van der Waals surface area (Å²) >= 11 is 0. The van der Waals surface area contributed by atoms with Crippen LogP contribution in [0.1, 0.15) is 66.2 Å². The molecule has 3 aromatic rings. The van der Waals surface area contributed by atoms with Gasteiger partial charge in [0.05, 0.1) is 33.4 Å². The molecule has 0 saturated carbocycles. The molecule has 0 radical (unpaired) electrons. The van der Waals surface area contributed by atoms with Crippen LogP contribution < -0.4 is 24.8 Å². The number of carbonyl (C=O) groups excluding carboxylic acids is 3. The normalized spacial score (nSPS) is 13.7. The number of piperidine rings is 1. The van der Waals surface area contributed by atoms with Gasteiger partial charge in [-0.05, 0) is 93.1 Å². The third-order valence-corrected chi connectivity index (χ3v) is 8.35. The molecule has 0 unspecified atom stereocenters. The van der Waals surface area contributed by atoms with Crippen LogP contribution >= 0.6 is 0 Å². The van der Waals surface area contributed by atoms with E-state index in [1.807, 2.05) is 0 Å². The molecule has 10 nitrogen and oxygen atoms in total. The second-order valence-electron chi connectivity index (χ2n) is 13.0. The van der Waals surface area contributed by atoms with Gasteiger partial charge in [-0.25, -0.2) is 4.79 Å². The number of rotatable bonds is 12. The summed E-state index contributed by atoms with van der Waals surface area (Å²) in [5, 5.41) is 5.46. The van der Waals surface area contributed by atoms with Crippen molar-refractivity contribution in [2.75, 3.05) is 52.8 Å². The second-order valence-corrected chi connectivity index (χ2v) is 13.0. The molecule has 4 rings (SSSR count). The van der Waals surface area contributed by atoms with Gasteiger partial charge in [-0.2, -0.15) is 13.2 Å². The standard InChI is InChI=1S/C37H44F3N3O7/c1-36(2,3)50-35(46)43-17-15-23(16-18-43)21-42-32(44)22-41-30-14-13-28(34(45)24-7-10-26(47-4)11-8-24)29(33(30)37(38,39)40)19-25-9-12-27(48-5)20-31(25)49-6/h7-14,20,23,41H,15-19,21-22H2,1-6H3,(H,42,44). The minimum Gasteiger partial charge on any atom is -0.497 e. The van der Waals surface area contributed by atoms with Gasteiger partial charge in [-0.3, -0.25) is 9.59 Å². The number of hydrogen-bond acceptors (Lipinski definition) is 8. The van der Waals surface area contributed by atoms with E-state index in [1.165, 1.54) is 45.6 Å².